The third-order valence-electron chi connectivity index (χ3n) is 2.23. The molecule has 0 aliphatic rings. The van der Waals surface area contributed by atoms with Gasteiger partial charge in [0.05, 0.1) is 10.7 Å². The van der Waals surface area contributed by atoms with E-state index in [1.54, 1.807) is 24.1 Å². The lowest BCUT2D eigenvalue weighted by Gasteiger charge is -2.04. The Morgan fingerprint density at radius 3 is 2.88 bits per heavy atom. The van der Waals surface area contributed by atoms with Gasteiger partial charge in [-0.05, 0) is 40.5 Å². The van der Waals surface area contributed by atoms with Gasteiger partial charge < -0.3 is 4.42 Å². The van der Waals surface area contributed by atoms with E-state index in [4.69, 9.17) is 4.42 Å². The van der Waals surface area contributed by atoms with Crippen molar-refractivity contribution in [3.8, 4) is 0 Å². The number of rotatable bonds is 3. The zero-order valence-electron chi connectivity index (χ0n) is 8.67. The first-order valence-corrected chi connectivity index (χ1v) is 6.56. The maximum absolute atomic E-state index is 13.2. The number of benzene rings is 1. The SMILES string of the molecule is Cc1occc1SCc1cccc(F)c1Br. The molecule has 0 bridgehead atoms. The van der Waals surface area contributed by atoms with Crippen LogP contribution in [0.4, 0.5) is 4.39 Å². The molecule has 0 unspecified atom stereocenters. The molecule has 1 aromatic carbocycles. The number of hydrogen-bond acceptors (Lipinski definition) is 2. The molecule has 0 radical (unpaired) electrons. The quantitative estimate of drug-likeness (QED) is 0.757. The average molecular weight is 301 g/mol. The number of halogens is 2. The number of thioether (sulfide) groups is 1. The van der Waals surface area contributed by atoms with Crippen LogP contribution in [0.15, 0.2) is 44.3 Å². The van der Waals surface area contributed by atoms with Gasteiger partial charge in [0.1, 0.15) is 11.6 Å². The van der Waals surface area contributed by atoms with Crippen LogP contribution < -0.4 is 0 Å². The lowest BCUT2D eigenvalue weighted by molar-refractivity contribution is 0.527. The van der Waals surface area contributed by atoms with Crippen LogP contribution in [0, 0.1) is 12.7 Å². The van der Waals surface area contributed by atoms with Crippen molar-refractivity contribution in [2.75, 3.05) is 0 Å². The molecule has 0 amide bonds. The third-order valence-corrected chi connectivity index (χ3v) is 4.30. The molecule has 0 N–H and O–H groups in total. The fraction of sp³-hybridized carbons (Fsp3) is 0.167. The Labute approximate surface area is 106 Å². The molecule has 1 nitrogen and oxygen atoms in total. The molecule has 0 spiro atoms. The van der Waals surface area contributed by atoms with E-state index < -0.39 is 0 Å². The minimum atomic E-state index is -0.220. The van der Waals surface area contributed by atoms with E-state index >= 15 is 0 Å². The molecule has 4 heteroatoms. The first-order valence-electron chi connectivity index (χ1n) is 4.78. The minimum Gasteiger partial charge on any atom is -0.468 e. The van der Waals surface area contributed by atoms with Gasteiger partial charge in [0, 0.05) is 10.6 Å². The summed E-state index contributed by atoms with van der Waals surface area (Å²) in [7, 11) is 0. The second-order valence-corrected chi connectivity index (χ2v) is 5.15. The highest BCUT2D eigenvalue weighted by Crippen LogP contribution is 2.30. The van der Waals surface area contributed by atoms with E-state index in [-0.39, 0.29) is 5.82 Å². The molecule has 1 aromatic heterocycles. The Morgan fingerprint density at radius 1 is 1.38 bits per heavy atom. The Bertz CT molecular complexity index is 496. The number of furan rings is 1. The Hall–Kier alpha value is -0.740. The number of hydrogen-bond donors (Lipinski definition) is 0. The molecule has 0 fully saturated rings. The van der Waals surface area contributed by atoms with Crippen LogP contribution in [0.5, 0.6) is 0 Å². The molecule has 0 aliphatic heterocycles. The van der Waals surface area contributed by atoms with Crippen LogP contribution in [0.1, 0.15) is 11.3 Å². The molecule has 0 saturated carbocycles. The van der Waals surface area contributed by atoms with E-state index in [9.17, 15) is 4.39 Å². The van der Waals surface area contributed by atoms with Gasteiger partial charge in [-0.2, -0.15) is 0 Å². The first kappa shape index (κ1) is 11.7. The molecule has 84 valence electrons. The van der Waals surface area contributed by atoms with Gasteiger partial charge in [-0.25, -0.2) is 4.39 Å². The van der Waals surface area contributed by atoms with E-state index in [1.807, 2.05) is 19.1 Å². The molecule has 1 heterocycles. The molecular weight excluding hydrogens is 291 g/mol. The van der Waals surface area contributed by atoms with Crippen molar-refractivity contribution in [3.63, 3.8) is 0 Å². The lowest BCUT2D eigenvalue weighted by atomic mass is 10.2. The largest absolute Gasteiger partial charge is 0.468 e. The second-order valence-electron chi connectivity index (χ2n) is 3.34. The van der Waals surface area contributed by atoms with Crippen molar-refractivity contribution in [3.05, 3.63) is 52.1 Å². The standard InChI is InChI=1S/C12H10BrFOS/c1-8-11(5-6-15-8)16-7-9-3-2-4-10(14)12(9)13/h2-6H,7H2,1H3. The van der Waals surface area contributed by atoms with E-state index in [0.717, 1.165) is 22.0 Å². The molecule has 16 heavy (non-hydrogen) atoms. The summed E-state index contributed by atoms with van der Waals surface area (Å²) in [6, 6.07) is 7.00. The van der Waals surface area contributed by atoms with Crippen molar-refractivity contribution in [2.45, 2.75) is 17.6 Å². The van der Waals surface area contributed by atoms with Crippen LogP contribution in [-0.4, -0.2) is 0 Å². The summed E-state index contributed by atoms with van der Waals surface area (Å²) < 4.78 is 19.0. The molecule has 2 rings (SSSR count). The average Bonchev–Trinajstić information content (AvgIpc) is 2.67. The van der Waals surface area contributed by atoms with Crippen LogP contribution in [0.25, 0.3) is 0 Å². The predicted molar refractivity (Wildman–Crippen MR) is 67.1 cm³/mol. The smallest absolute Gasteiger partial charge is 0.137 e. The van der Waals surface area contributed by atoms with Crippen LogP contribution in [-0.2, 0) is 5.75 Å². The van der Waals surface area contributed by atoms with Crippen molar-refractivity contribution in [1.82, 2.24) is 0 Å². The maximum Gasteiger partial charge on any atom is 0.137 e. The summed E-state index contributed by atoms with van der Waals surface area (Å²) in [5.74, 6) is 1.40. The third kappa shape index (κ3) is 2.50. The van der Waals surface area contributed by atoms with E-state index in [2.05, 4.69) is 15.9 Å². The van der Waals surface area contributed by atoms with Gasteiger partial charge in [0.2, 0.25) is 0 Å². The molecule has 2 aromatic rings. The molecule has 0 saturated heterocycles. The van der Waals surface area contributed by atoms with Crippen LogP contribution >= 0.6 is 27.7 Å². The fourth-order valence-electron chi connectivity index (χ4n) is 1.34. The molecule has 0 aliphatic carbocycles. The lowest BCUT2D eigenvalue weighted by Crippen LogP contribution is -1.86. The summed E-state index contributed by atoms with van der Waals surface area (Å²) in [6.07, 6.45) is 1.66. The van der Waals surface area contributed by atoms with Crippen LogP contribution in [0.3, 0.4) is 0 Å². The number of aryl methyl sites for hydroxylation is 1. The van der Waals surface area contributed by atoms with Crippen molar-refractivity contribution >= 4 is 27.7 Å². The summed E-state index contributed by atoms with van der Waals surface area (Å²) >= 11 is 4.89. The van der Waals surface area contributed by atoms with Gasteiger partial charge >= 0.3 is 0 Å². The Morgan fingerprint density at radius 2 is 2.19 bits per heavy atom. The summed E-state index contributed by atoms with van der Waals surface area (Å²) in [5.41, 5.74) is 0.950. The van der Waals surface area contributed by atoms with Gasteiger partial charge in [-0.1, -0.05) is 12.1 Å². The van der Waals surface area contributed by atoms with Gasteiger partial charge in [0.15, 0.2) is 0 Å². The topological polar surface area (TPSA) is 13.1 Å². The van der Waals surface area contributed by atoms with Crippen molar-refractivity contribution < 1.29 is 8.81 Å². The van der Waals surface area contributed by atoms with Crippen molar-refractivity contribution in [1.29, 1.82) is 0 Å². The Kier molecular flexibility index (Phi) is 3.71. The van der Waals surface area contributed by atoms with Gasteiger partial charge in [-0.15, -0.1) is 11.8 Å². The molecule has 0 atom stereocenters. The monoisotopic (exact) mass is 300 g/mol. The fourth-order valence-corrected chi connectivity index (χ4v) is 2.88. The minimum absolute atomic E-state index is 0.220. The highest BCUT2D eigenvalue weighted by Gasteiger charge is 2.07. The summed E-state index contributed by atoms with van der Waals surface area (Å²) in [5, 5.41) is 0. The zero-order valence-corrected chi connectivity index (χ0v) is 11.1. The molecular formula is C12H10BrFOS. The predicted octanol–water partition coefficient (Wildman–Crippen LogP) is 4.78. The van der Waals surface area contributed by atoms with E-state index in [0.29, 0.717) is 4.47 Å². The first-order chi connectivity index (χ1) is 7.68. The Balaban J connectivity index is 2.11. The van der Waals surface area contributed by atoms with Gasteiger partial charge in [-0.3, -0.25) is 0 Å². The highest BCUT2D eigenvalue weighted by molar-refractivity contribution is 9.10. The highest BCUT2D eigenvalue weighted by atomic mass is 79.9. The van der Waals surface area contributed by atoms with E-state index in [1.165, 1.54) is 6.07 Å². The zero-order chi connectivity index (χ0) is 11.5. The van der Waals surface area contributed by atoms with Gasteiger partial charge in [0.25, 0.3) is 0 Å². The summed E-state index contributed by atoms with van der Waals surface area (Å²) in [6.45, 7) is 1.92. The van der Waals surface area contributed by atoms with Crippen molar-refractivity contribution in [2.24, 2.45) is 0 Å². The summed E-state index contributed by atoms with van der Waals surface area (Å²) in [4.78, 5) is 1.09. The normalized spacial score (nSPS) is 10.7. The van der Waals surface area contributed by atoms with Crippen LogP contribution in [0.2, 0.25) is 0 Å². The second kappa shape index (κ2) is 5.06. The maximum atomic E-state index is 13.2.